The highest BCUT2D eigenvalue weighted by Crippen LogP contribution is 2.12. The van der Waals surface area contributed by atoms with Crippen LogP contribution >= 0.6 is 0 Å². The molecule has 1 aliphatic rings. The summed E-state index contributed by atoms with van der Waals surface area (Å²) in [5, 5.41) is 6.07. The van der Waals surface area contributed by atoms with Crippen molar-refractivity contribution in [3.05, 3.63) is 12.0 Å². The molecule has 0 saturated carbocycles. The van der Waals surface area contributed by atoms with Crippen molar-refractivity contribution in [2.45, 2.75) is 25.7 Å². The Bertz CT molecular complexity index is 613. The second kappa shape index (κ2) is 9.01. The van der Waals surface area contributed by atoms with Crippen molar-refractivity contribution in [3.63, 3.8) is 0 Å². The van der Waals surface area contributed by atoms with Gasteiger partial charge in [-0.25, -0.2) is 18.0 Å². The molecule has 1 fully saturated rings. The lowest BCUT2D eigenvalue weighted by atomic mass is 10.4. The predicted molar refractivity (Wildman–Crippen MR) is 81.8 cm³/mol. The normalized spacial score (nSPS) is 14.4. The predicted octanol–water partition coefficient (Wildman–Crippen LogP) is -0.769. The van der Waals surface area contributed by atoms with Crippen molar-refractivity contribution in [1.29, 1.82) is 0 Å². The Hall–Kier alpha value is -2.43. The van der Waals surface area contributed by atoms with Gasteiger partial charge >= 0.3 is 12.0 Å². The summed E-state index contributed by atoms with van der Waals surface area (Å²) in [5.74, 6) is -2.10. The van der Waals surface area contributed by atoms with Crippen LogP contribution in [0.3, 0.4) is 0 Å². The van der Waals surface area contributed by atoms with Crippen LogP contribution in [0.5, 0.6) is 0 Å². The monoisotopic (exact) mass is 361 g/mol. The molecule has 0 bridgehead atoms. The number of hydrogen-bond acceptors (Lipinski definition) is 7. The Balaban J connectivity index is 2.14. The zero-order chi connectivity index (χ0) is 18.2. The zero-order valence-corrected chi connectivity index (χ0v) is 13.8. The van der Waals surface area contributed by atoms with Gasteiger partial charge in [-0.1, -0.05) is 6.58 Å². The molecule has 1 saturated heterocycles. The molecular formula is C13H19N3O7S. The molecule has 1 aliphatic heterocycles. The molecule has 0 radical (unpaired) electrons. The first kappa shape index (κ1) is 19.6. The summed E-state index contributed by atoms with van der Waals surface area (Å²) >= 11 is 0. The summed E-state index contributed by atoms with van der Waals surface area (Å²) in [4.78, 5) is 50.0. The van der Waals surface area contributed by atoms with Gasteiger partial charge in [0.1, 0.15) is 0 Å². The molecule has 0 aromatic rings. The molecule has 134 valence electrons. The molecule has 4 amide bonds. The van der Waals surface area contributed by atoms with E-state index in [0.717, 1.165) is 5.41 Å². The number of rotatable bonds is 9. The topological polar surface area (TPSA) is 139 Å². The maximum atomic E-state index is 11.5. The zero-order valence-electron chi connectivity index (χ0n) is 12.9. The molecule has 0 aliphatic carbocycles. The number of carbonyl (C=O) groups excluding carboxylic acids is 4. The molecule has 10 nitrogen and oxygen atoms in total. The second-order valence-corrected chi connectivity index (χ2v) is 6.93. The van der Waals surface area contributed by atoms with Crippen molar-refractivity contribution in [2.75, 3.05) is 18.8 Å². The van der Waals surface area contributed by atoms with Crippen LogP contribution in [-0.2, 0) is 29.1 Å². The van der Waals surface area contributed by atoms with Gasteiger partial charge in [0.2, 0.25) is 0 Å². The van der Waals surface area contributed by atoms with Gasteiger partial charge in [0.05, 0.1) is 12.2 Å². The van der Waals surface area contributed by atoms with Gasteiger partial charge < -0.3 is 15.5 Å². The van der Waals surface area contributed by atoms with Crippen molar-refractivity contribution in [2.24, 2.45) is 0 Å². The molecule has 1 heterocycles. The first-order valence-corrected chi connectivity index (χ1v) is 8.90. The van der Waals surface area contributed by atoms with Gasteiger partial charge in [-0.05, 0) is 6.42 Å². The average Bonchev–Trinajstić information content (AvgIpc) is 2.83. The van der Waals surface area contributed by atoms with Crippen molar-refractivity contribution in [3.8, 4) is 0 Å². The second-order valence-electron chi connectivity index (χ2n) is 4.87. The minimum Gasteiger partial charge on any atom is -0.338 e. The molecule has 0 unspecified atom stereocenters. The van der Waals surface area contributed by atoms with Crippen LogP contribution < -0.4 is 10.6 Å². The van der Waals surface area contributed by atoms with E-state index in [1.54, 1.807) is 0 Å². The smallest absolute Gasteiger partial charge is 0.334 e. The lowest BCUT2D eigenvalue weighted by Crippen LogP contribution is -2.38. The summed E-state index contributed by atoms with van der Waals surface area (Å²) in [6.07, 6.45) is 0.0149. The Labute approximate surface area is 139 Å². The number of imide groups is 1. The first-order chi connectivity index (χ1) is 11.2. The third kappa shape index (κ3) is 6.77. The third-order valence-electron chi connectivity index (χ3n) is 2.96. The summed E-state index contributed by atoms with van der Waals surface area (Å²) in [6.45, 7) is 3.25. The highest BCUT2D eigenvalue weighted by Gasteiger charge is 2.32. The summed E-state index contributed by atoms with van der Waals surface area (Å²) in [7, 11) is -3.29. The Kier molecular flexibility index (Phi) is 7.36. The molecule has 2 N–H and O–H groups in total. The van der Waals surface area contributed by atoms with E-state index in [-0.39, 0.29) is 44.5 Å². The van der Waals surface area contributed by atoms with Gasteiger partial charge in [0.25, 0.3) is 11.8 Å². The molecule has 11 heteroatoms. The summed E-state index contributed by atoms with van der Waals surface area (Å²) in [6, 6.07) is -0.577. The van der Waals surface area contributed by atoms with Crippen LogP contribution in [0.1, 0.15) is 25.7 Å². The van der Waals surface area contributed by atoms with E-state index in [1.807, 2.05) is 0 Å². The summed E-state index contributed by atoms with van der Waals surface area (Å²) in [5.41, 5.74) is 0. The van der Waals surface area contributed by atoms with Gasteiger partial charge in [-0.15, -0.1) is 5.06 Å². The van der Waals surface area contributed by atoms with Crippen molar-refractivity contribution in [1.82, 2.24) is 15.7 Å². The summed E-state index contributed by atoms with van der Waals surface area (Å²) < 4.78 is 22.3. The van der Waals surface area contributed by atoms with E-state index in [9.17, 15) is 27.6 Å². The average molecular weight is 361 g/mol. The first-order valence-electron chi connectivity index (χ1n) is 7.18. The molecule has 0 atom stereocenters. The van der Waals surface area contributed by atoms with Crippen LogP contribution in [-0.4, -0.2) is 56.1 Å². The molecule has 0 spiro atoms. The van der Waals surface area contributed by atoms with Crippen LogP contribution in [0.2, 0.25) is 0 Å². The van der Waals surface area contributed by atoms with Crippen molar-refractivity contribution >= 4 is 33.7 Å². The highest BCUT2D eigenvalue weighted by atomic mass is 32.2. The van der Waals surface area contributed by atoms with E-state index in [2.05, 4.69) is 22.1 Å². The molecule has 0 aromatic carbocycles. The van der Waals surface area contributed by atoms with Crippen LogP contribution in [0.15, 0.2) is 12.0 Å². The van der Waals surface area contributed by atoms with E-state index in [4.69, 9.17) is 0 Å². The maximum Gasteiger partial charge on any atom is 0.334 e. The van der Waals surface area contributed by atoms with Crippen molar-refractivity contribution < 1.29 is 32.4 Å². The van der Waals surface area contributed by atoms with E-state index >= 15 is 0 Å². The molecule has 24 heavy (non-hydrogen) atoms. The van der Waals surface area contributed by atoms with Gasteiger partial charge in [-0.2, -0.15) is 0 Å². The van der Waals surface area contributed by atoms with Crippen LogP contribution in [0, 0.1) is 0 Å². The number of sulfone groups is 1. The Morgan fingerprint density at radius 1 is 1.17 bits per heavy atom. The minimum absolute atomic E-state index is 0.00828. The molecule has 0 aromatic heterocycles. The largest absolute Gasteiger partial charge is 0.338 e. The fourth-order valence-electron chi connectivity index (χ4n) is 1.70. The molecule has 1 rings (SSSR count). The fraction of sp³-hybridized carbons (Fsp3) is 0.538. The van der Waals surface area contributed by atoms with Gasteiger partial charge in [-0.3, -0.25) is 9.59 Å². The van der Waals surface area contributed by atoms with Crippen LogP contribution in [0.4, 0.5) is 4.79 Å². The Morgan fingerprint density at radius 2 is 1.75 bits per heavy atom. The Morgan fingerprint density at radius 3 is 2.33 bits per heavy atom. The number of nitrogens with zero attached hydrogens (tertiary/aromatic N) is 1. The lowest BCUT2D eigenvalue weighted by molar-refractivity contribution is -0.197. The molecular weight excluding hydrogens is 342 g/mol. The highest BCUT2D eigenvalue weighted by molar-refractivity contribution is 7.94. The number of amides is 4. The number of nitrogens with one attached hydrogen (secondary N) is 2. The quantitative estimate of drug-likeness (QED) is 0.406. The van der Waals surface area contributed by atoms with Gasteiger partial charge in [0, 0.05) is 31.3 Å². The lowest BCUT2D eigenvalue weighted by Gasteiger charge is -2.12. The van der Waals surface area contributed by atoms with E-state index in [1.165, 1.54) is 0 Å². The minimum atomic E-state index is -3.29. The number of urea groups is 1. The van der Waals surface area contributed by atoms with Gasteiger partial charge in [0.15, 0.2) is 9.84 Å². The maximum absolute atomic E-state index is 11.5. The number of hydroxylamine groups is 2. The van der Waals surface area contributed by atoms with E-state index < -0.39 is 33.7 Å². The standard InChI is InChI=1S/C13H19N3O7S/c1-2-24(21,22)9-3-7-14-13(20)15-8-6-12(19)23-16-10(17)4-5-11(16)18/h2H,1,3-9H2,(H2,14,15,20). The number of hydrogen-bond donors (Lipinski definition) is 2. The third-order valence-corrected chi connectivity index (χ3v) is 4.32. The SMILES string of the molecule is C=CS(=O)(=O)CCCNC(=O)NCCC(=O)ON1C(=O)CCC1=O. The van der Waals surface area contributed by atoms with E-state index in [0.29, 0.717) is 5.06 Å². The number of carbonyl (C=O) groups is 4. The van der Waals surface area contributed by atoms with Crippen LogP contribution in [0.25, 0.3) is 0 Å². The fourth-order valence-corrected chi connectivity index (χ4v) is 2.42.